The zero-order valence-electron chi connectivity index (χ0n) is 12.0. The van der Waals surface area contributed by atoms with Gasteiger partial charge in [0.15, 0.2) is 0 Å². The van der Waals surface area contributed by atoms with E-state index in [1.54, 1.807) is 11.4 Å². The average Bonchev–Trinajstić information content (AvgIpc) is 2.92. The first-order valence-corrected chi connectivity index (χ1v) is 7.93. The molecule has 2 heterocycles. The summed E-state index contributed by atoms with van der Waals surface area (Å²) in [4.78, 5) is 25.6. The number of aliphatic carboxylic acids is 1. The third-order valence-corrected chi connectivity index (χ3v) is 4.66. The lowest BCUT2D eigenvalue weighted by atomic mass is 10.0. The SMILES string of the molecule is CN1CCCCC1CNC(=O)c1sccc1C=CC(=O)O. The van der Waals surface area contributed by atoms with Crippen molar-refractivity contribution < 1.29 is 14.7 Å². The molecule has 21 heavy (non-hydrogen) atoms. The van der Waals surface area contributed by atoms with Crippen molar-refractivity contribution in [2.24, 2.45) is 0 Å². The van der Waals surface area contributed by atoms with Gasteiger partial charge < -0.3 is 15.3 Å². The van der Waals surface area contributed by atoms with Crippen molar-refractivity contribution >= 4 is 29.3 Å². The van der Waals surface area contributed by atoms with E-state index in [9.17, 15) is 9.59 Å². The number of nitrogens with one attached hydrogen (secondary N) is 1. The first-order chi connectivity index (χ1) is 10.1. The molecule has 1 aromatic rings. The maximum absolute atomic E-state index is 12.2. The molecule has 1 aliphatic heterocycles. The van der Waals surface area contributed by atoms with Crippen LogP contribution in [0.5, 0.6) is 0 Å². The first-order valence-electron chi connectivity index (χ1n) is 7.05. The second-order valence-corrected chi connectivity index (χ2v) is 6.13. The molecule has 1 aliphatic rings. The molecule has 0 bridgehead atoms. The van der Waals surface area contributed by atoms with Crippen LogP contribution in [0.25, 0.3) is 6.08 Å². The van der Waals surface area contributed by atoms with E-state index in [0.29, 0.717) is 23.0 Å². The number of piperidine rings is 1. The molecule has 114 valence electrons. The molecule has 0 aliphatic carbocycles. The summed E-state index contributed by atoms with van der Waals surface area (Å²) in [5.74, 6) is -1.15. The number of carbonyl (C=O) groups is 2. The number of hydrogen-bond acceptors (Lipinski definition) is 4. The number of rotatable bonds is 5. The number of hydrogen-bond donors (Lipinski definition) is 2. The minimum absolute atomic E-state index is 0.131. The highest BCUT2D eigenvalue weighted by atomic mass is 32.1. The van der Waals surface area contributed by atoms with E-state index < -0.39 is 5.97 Å². The molecule has 1 amide bonds. The van der Waals surface area contributed by atoms with Crippen LogP contribution in [-0.4, -0.2) is 48.1 Å². The van der Waals surface area contributed by atoms with Crippen molar-refractivity contribution in [1.29, 1.82) is 0 Å². The van der Waals surface area contributed by atoms with Crippen molar-refractivity contribution in [3.63, 3.8) is 0 Å². The van der Waals surface area contributed by atoms with Crippen LogP contribution in [0.4, 0.5) is 0 Å². The van der Waals surface area contributed by atoms with Crippen molar-refractivity contribution in [1.82, 2.24) is 10.2 Å². The number of amides is 1. The minimum Gasteiger partial charge on any atom is -0.478 e. The number of thiophene rings is 1. The second-order valence-electron chi connectivity index (χ2n) is 5.22. The number of likely N-dealkylation sites (N-methyl/N-ethyl adjacent to an activating group) is 1. The number of carboxylic acid groups (broad SMARTS) is 1. The first kappa shape index (κ1) is 15.7. The highest BCUT2D eigenvalue weighted by Crippen LogP contribution is 2.19. The Morgan fingerprint density at radius 1 is 1.52 bits per heavy atom. The molecule has 2 N–H and O–H groups in total. The molecule has 1 atom stereocenters. The summed E-state index contributed by atoms with van der Waals surface area (Å²) in [6.45, 7) is 1.71. The van der Waals surface area contributed by atoms with Crippen LogP contribution < -0.4 is 5.32 Å². The predicted octanol–water partition coefficient (Wildman–Crippen LogP) is 2.06. The van der Waals surface area contributed by atoms with E-state index in [1.807, 2.05) is 0 Å². The Morgan fingerprint density at radius 3 is 3.05 bits per heavy atom. The highest BCUT2D eigenvalue weighted by Gasteiger charge is 2.20. The molecule has 0 saturated carbocycles. The van der Waals surface area contributed by atoms with Gasteiger partial charge in [-0.05, 0) is 49.5 Å². The number of carboxylic acids is 1. The van der Waals surface area contributed by atoms with Gasteiger partial charge in [0.05, 0.1) is 4.88 Å². The maximum Gasteiger partial charge on any atom is 0.328 e. The van der Waals surface area contributed by atoms with Crippen molar-refractivity contribution in [2.45, 2.75) is 25.3 Å². The second kappa shape index (κ2) is 7.38. The van der Waals surface area contributed by atoms with Gasteiger partial charge in [-0.1, -0.05) is 6.42 Å². The summed E-state index contributed by atoms with van der Waals surface area (Å²) in [6, 6.07) is 2.15. The van der Waals surface area contributed by atoms with Gasteiger partial charge in [0.1, 0.15) is 0 Å². The molecule has 1 unspecified atom stereocenters. The van der Waals surface area contributed by atoms with Gasteiger partial charge in [0.2, 0.25) is 0 Å². The van der Waals surface area contributed by atoms with E-state index in [1.165, 1.54) is 30.3 Å². The standard InChI is InChI=1S/C15H20N2O3S/c1-17-8-3-2-4-12(17)10-16-15(20)14-11(7-9-21-14)5-6-13(18)19/h5-7,9,12H,2-4,8,10H2,1H3,(H,16,20)(H,18,19). The summed E-state index contributed by atoms with van der Waals surface area (Å²) in [6.07, 6.45) is 6.04. The molecule has 1 aromatic heterocycles. The summed E-state index contributed by atoms with van der Waals surface area (Å²) in [5.41, 5.74) is 0.650. The topological polar surface area (TPSA) is 69.6 Å². The normalized spacial score (nSPS) is 19.8. The lowest BCUT2D eigenvalue weighted by Gasteiger charge is -2.32. The molecule has 2 rings (SSSR count). The Bertz CT molecular complexity index is 539. The van der Waals surface area contributed by atoms with Gasteiger partial charge in [-0.15, -0.1) is 11.3 Å². The fraction of sp³-hybridized carbons (Fsp3) is 0.467. The quantitative estimate of drug-likeness (QED) is 0.817. The highest BCUT2D eigenvalue weighted by molar-refractivity contribution is 7.12. The zero-order valence-corrected chi connectivity index (χ0v) is 12.9. The molecule has 0 aromatic carbocycles. The number of nitrogens with zero attached hydrogens (tertiary/aromatic N) is 1. The number of carbonyl (C=O) groups excluding carboxylic acids is 1. The lowest BCUT2D eigenvalue weighted by molar-refractivity contribution is -0.131. The minimum atomic E-state index is -1.02. The van der Waals surface area contributed by atoms with Gasteiger partial charge in [-0.2, -0.15) is 0 Å². The van der Waals surface area contributed by atoms with E-state index >= 15 is 0 Å². The fourth-order valence-electron chi connectivity index (χ4n) is 2.49. The maximum atomic E-state index is 12.2. The largest absolute Gasteiger partial charge is 0.478 e. The van der Waals surface area contributed by atoms with Gasteiger partial charge in [0.25, 0.3) is 5.91 Å². The van der Waals surface area contributed by atoms with Crippen molar-refractivity contribution in [3.8, 4) is 0 Å². The number of likely N-dealkylation sites (tertiary alicyclic amines) is 1. The van der Waals surface area contributed by atoms with Crippen molar-refractivity contribution in [3.05, 3.63) is 28.0 Å². The average molecular weight is 308 g/mol. The molecule has 6 heteroatoms. The summed E-state index contributed by atoms with van der Waals surface area (Å²) >= 11 is 1.33. The van der Waals surface area contributed by atoms with E-state index in [-0.39, 0.29) is 5.91 Å². The van der Waals surface area contributed by atoms with Crippen LogP contribution in [0.15, 0.2) is 17.5 Å². The van der Waals surface area contributed by atoms with Crippen molar-refractivity contribution in [2.75, 3.05) is 20.1 Å². The van der Waals surface area contributed by atoms with Crippen LogP contribution in [0.1, 0.15) is 34.5 Å². The Morgan fingerprint density at radius 2 is 2.33 bits per heavy atom. The van der Waals surface area contributed by atoms with Gasteiger partial charge >= 0.3 is 5.97 Å². The Balaban J connectivity index is 1.94. The molecule has 1 saturated heterocycles. The van der Waals surface area contributed by atoms with E-state index in [4.69, 9.17) is 5.11 Å². The molecular formula is C15H20N2O3S. The van der Waals surface area contributed by atoms with E-state index in [2.05, 4.69) is 17.3 Å². The van der Waals surface area contributed by atoms with Gasteiger partial charge in [0, 0.05) is 18.7 Å². The van der Waals surface area contributed by atoms with Crippen LogP contribution in [0.2, 0.25) is 0 Å². The van der Waals surface area contributed by atoms with Gasteiger partial charge in [-0.25, -0.2) is 4.79 Å². The van der Waals surface area contributed by atoms with Crippen LogP contribution in [0.3, 0.4) is 0 Å². The fourth-order valence-corrected chi connectivity index (χ4v) is 3.29. The molecule has 5 nitrogen and oxygen atoms in total. The van der Waals surface area contributed by atoms with Gasteiger partial charge in [-0.3, -0.25) is 4.79 Å². The lowest BCUT2D eigenvalue weighted by Crippen LogP contribution is -2.44. The molecule has 0 spiro atoms. The van der Waals surface area contributed by atoms with E-state index in [0.717, 1.165) is 19.0 Å². The predicted molar refractivity (Wildman–Crippen MR) is 83.6 cm³/mol. The Kier molecular flexibility index (Phi) is 5.52. The summed E-state index contributed by atoms with van der Waals surface area (Å²) in [5, 5.41) is 13.4. The third kappa shape index (κ3) is 4.41. The van der Waals surface area contributed by atoms with Crippen LogP contribution in [0, 0.1) is 0 Å². The summed E-state index contributed by atoms with van der Waals surface area (Å²) in [7, 11) is 2.09. The third-order valence-electron chi connectivity index (χ3n) is 3.73. The zero-order chi connectivity index (χ0) is 15.2. The van der Waals surface area contributed by atoms with Crippen LogP contribution in [-0.2, 0) is 4.79 Å². The monoisotopic (exact) mass is 308 g/mol. The van der Waals surface area contributed by atoms with Crippen LogP contribution >= 0.6 is 11.3 Å². The Labute approximate surface area is 128 Å². The molecule has 0 radical (unpaired) electrons. The molecular weight excluding hydrogens is 288 g/mol. The summed E-state index contributed by atoms with van der Waals surface area (Å²) < 4.78 is 0. The smallest absolute Gasteiger partial charge is 0.328 e. The Hall–Kier alpha value is -1.66. The molecule has 1 fully saturated rings.